The number of nitrogens with one attached hydrogen (secondary N) is 1. The molecule has 106 valence electrons. The highest BCUT2D eigenvalue weighted by Crippen LogP contribution is 2.24. The zero-order valence-corrected chi connectivity index (χ0v) is 11.4. The molecule has 0 spiro atoms. The van der Waals surface area contributed by atoms with Gasteiger partial charge >= 0.3 is 5.69 Å². The fraction of sp³-hybridized carbons (Fsp3) is 0.692. The van der Waals surface area contributed by atoms with E-state index in [0.717, 1.165) is 30.4 Å². The van der Waals surface area contributed by atoms with Gasteiger partial charge in [0.1, 0.15) is 0 Å². The highest BCUT2D eigenvalue weighted by Gasteiger charge is 2.22. The van der Waals surface area contributed by atoms with Crippen LogP contribution in [0.25, 0.3) is 0 Å². The molecular formula is C13H21N3O3. The lowest BCUT2D eigenvalue weighted by molar-refractivity contribution is 0.177. The average Bonchev–Trinajstić information content (AvgIpc) is 2.79. The molecule has 19 heavy (non-hydrogen) atoms. The van der Waals surface area contributed by atoms with E-state index in [1.165, 1.54) is 11.6 Å². The molecule has 1 fully saturated rings. The van der Waals surface area contributed by atoms with Crippen molar-refractivity contribution >= 4 is 0 Å². The molecule has 1 aliphatic carbocycles. The average molecular weight is 267 g/mol. The van der Waals surface area contributed by atoms with E-state index >= 15 is 0 Å². The molecule has 0 aliphatic heterocycles. The Bertz CT molecular complexity index is 561. The quantitative estimate of drug-likeness (QED) is 0.759. The molecule has 0 saturated heterocycles. The third-order valence-electron chi connectivity index (χ3n) is 3.78. The molecule has 6 heteroatoms. The van der Waals surface area contributed by atoms with Crippen LogP contribution < -0.4 is 16.6 Å². The fourth-order valence-electron chi connectivity index (χ4n) is 2.65. The molecule has 1 saturated carbocycles. The van der Waals surface area contributed by atoms with E-state index in [4.69, 9.17) is 0 Å². The van der Waals surface area contributed by atoms with Crippen molar-refractivity contribution in [1.82, 2.24) is 14.5 Å². The van der Waals surface area contributed by atoms with Gasteiger partial charge in [0.15, 0.2) is 0 Å². The van der Waals surface area contributed by atoms with Crippen molar-refractivity contribution in [2.24, 2.45) is 20.0 Å². The lowest BCUT2D eigenvalue weighted by Gasteiger charge is -2.11. The van der Waals surface area contributed by atoms with Crippen LogP contribution in [0.5, 0.6) is 0 Å². The Balaban J connectivity index is 1.97. The Morgan fingerprint density at radius 1 is 1.37 bits per heavy atom. The van der Waals surface area contributed by atoms with E-state index in [-0.39, 0.29) is 17.4 Å². The monoisotopic (exact) mass is 267 g/mol. The topological polar surface area (TPSA) is 76.3 Å². The zero-order chi connectivity index (χ0) is 14.0. The van der Waals surface area contributed by atoms with Crippen molar-refractivity contribution in [3.8, 4) is 0 Å². The number of aliphatic hydroxyl groups is 1. The van der Waals surface area contributed by atoms with E-state index in [1.807, 2.05) is 0 Å². The Kier molecular flexibility index (Phi) is 4.21. The minimum absolute atomic E-state index is 0.169. The third-order valence-corrected chi connectivity index (χ3v) is 3.78. The molecule has 2 rings (SSSR count). The standard InChI is InChI=1S/C13H21N3O3/c1-15-8-10(12(18)16(2)13(15)19)7-14-6-9-3-4-11(17)5-9/h8-9,11,14,17H,3-7H2,1-2H3. The number of hydrogen-bond donors (Lipinski definition) is 2. The molecule has 6 nitrogen and oxygen atoms in total. The summed E-state index contributed by atoms with van der Waals surface area (Å²) in [5, 5.41) is 12.7. The predicted molar refractivity (Wildman–Crippen MR) is 72.0 cm³/mol. The van der Waals surface area contributed by atoms with Gasteiger partial charge in [-0.25, -0.2) is 4.79 Å². The number of rotatable bonds is 4. The smallest absolute Gasteiger partial charge is 0.330 e. The van der Waals surface area contributed by atoms with Crippen LogP contribution in [0.1, 0.15) is 24.8 Å². The second kappa shape index (κ2) is 5.71. The highest BCUT2D eigenvalue weighted by atomic mass is 16.3. The minimum atomic E-state index is -0.312. The third kappa shape index (κ3) is 3.13. The van der Waals surface area contributed by atoms with Crippen molar-refractivity contribution in [3.05, 3.63) is 32.6 Å². The van der Waals surface area contributed by atoms with Gasteiger partial charge in [-0.05, 0) is 31.7 Å². The molecule has 1 heterocycles. The van der Waals surface area contributed by atoms with Gasteiger partial charge in [-0.3, -0.25) is 9.36 Å². The number of aliphatic hydroxyl groups excluding tert-OH is 1. The minimum Gasteiger partial charge on any atom is -0.393 e. The summed E-state index contributed by atoms with van der Waals surface area (Å²) in [6, 6.07) is 0. The maximum Gasteiger partial charge on any atom is 0.330 e. The molecule has 2 N–H and O–H groups in total. The molecular weight excluding hydrogens is 246 g/mol. The van der Waals surface area contributed by atoms with E-state index < -0.39 is 0 Å². The van der Waals surface area contributed by atoms with Gasteiger partial charge in [0.05, 0.1) is 6.10 Å². The van der Waals surface area contributed by atoms with Crippen molar-refractivity contribution in [2.75, 3.05) is 6.54 Å². The summed E-state index contributed by atoms with van der Waals surface area (Å²) in [4.78, 5) is 23.4. The largest absolute Gasteiger partial charge is 0.393 e. The Morgan fingerprint density at radius 2 is 2.11 bits per heavy atom. The number of aryl methyl sites for hydroxylation is 1. The summed E-state index contributed by atoms with van der Waals surface area (Å²) in [6.07, 6.45) is 4.14. The summed E-state index contributed by atoms with van der Waals surface area (Å²) in [5.74, 6) is 0.478. The van der Waals surface area contributed by atoms with Crippen LogP contribution in [0, 0.1) is 5.92 Å². The van der Waals surface area contributed by atoms with Crippen LogP contribution in [0.3, 0.4) is 0 Å². The maximum atomic E-state index is 11.9. The van der Waals surface area contributed by atoms with Gasteiger partial charge in [0.25, 0.3) is 5.56 Å². The number of nitrogens with zero attached hydrogens (tertiary/aromatic N) is 2. The Labute approximate surface area is 111 Å². The Morgan fingerprint density at radius 3 is 2.74 bits per heavy atom. The molecule has 0 amide bonds. The van der Waals surface area contributed by atoms with Gasteiger partial charge in [-0.15, -0.1) is 0 Å². The molecule has 0 aromatic carbocycles. The lowest BCUT2D eigenvalue weighted by Crippen LogP contribution is -2.39. The van der Waals surface area contributed by atoms with Crippen LogP contribution in [0.4, 0.5) is 0 Å². The van der Waals surface area contributed by atoms with Crippen molar-refractivity contribution in [2.45, 2.75) is 31.9 Å². The number of hydrogen-bond acceptors (Lipinski definition) is 4. The van der Waals surface area contributed by atoms with Crippen LogP contribution in [-0.2, 0) is 20.6 Å². The molecule has 2 atom stereocenters. The van der Waals surface area contributed by atoms with Crippen LogP contribution >= 0.6 is 0 Å². The van der Waals surface area contributed by atoms with Crippen molar-refractivity contribution < 1.29 is 5.11 Å². The summed E-state index contributed by atoms with van der Waals surface area (Å²) >= 11 is 0. The number of aromatic nitrogens is 2. The van der Waals surface area contributed by atoms with Gasteiger partial charge in [0.2, 0.25) is 0 Å². The molecule has 1 aliphatic rings. The maximum absolute atomic E-state index is 11.9. The first-order valence-corrected chi connectivity index (χ1v) is 6.63. The first-order chi connectivity index (χ1) is 8.99. The van der Waals surface area contributed by atoms with Gasteiger partial charge in [-0.2, -0.15) is 0 Å². The highest BCUT2D eigenvalue weighted by molar-refractivity contribution is 5.05. The lowest BCUT2D eigenvalue weighted by atomic mass is 10.1. The first-order valence-electron chi connectivity index (χ1n) is 6.63. The molecule has 2 unspecified atom stereocenters. The molecule has 1 aromatic heterocycles. The summed E-state index contributed by atoms with van der Waals surface area (Å²) < 4.78 is 2.54. The van der Waals surface area contributed by atoms with E-state index in [9.17, 15) is 14.7 Å². The second-order valence-corrected chi connectivity index (χ2v) is 5.38. The first kappa shape index (κ1) is 14.0. The van der Waals surface area contributed by atoms with Crippen LogP contribution in [-0.4, -0.2) is 26.9 Å². The van der Waals surface area contributed by atoms with E-state index in [0.29, 0.717) is 18.0 Å². The summed E-state index contributed by atoms with van der Waals surface area (Å²) in [6.45, 7) is 1.25. The van der Waals surface area contributed by atoms with Gasteiger partial charge in [0, 0.05) is 32.4 Å². The zero-order valence-electron chi connectivity index (χ0n) is 11.4. The van der Waals surface area contributed by atoms with Gasteiger partial charge < -0.3 is 15.0 Å². The SMILES string of the molecule is Cn1cc(CNCC2CCC(O)C2)c(=O)n(C)c1=O. The fourth-order valence-corrected chi connectivity index (χ4v) is 2.65. The van der Waals surface area contributed by atoms with Gasteiger partial charge in [-0.1, -0.05) is 0 Å². The Hall–Kier alpha value is -1.40. The van der Waals surface area contributed by atoms with Crippen molar-refractivity contribution in [3.63, 3.8) is 0 Å². The van der Waals surface area contributed by atoms with E-state index in [1.54, 1.807) is 13.2 Å². The predicted octanol–water partition coefficient (Wildman–Crippen LogP) is -0.665. The molecule has 0 radical (unpaired) electrons. The van der Waals surface area contributed by atoms with Crippen molar-refractivity contribution in [1.29, 1.82) is 0 Å². The summed E-state index contributed by atoms with van der Waals surface area (Å²) in [7, 11) is 3.13. The second-order valence-electron chi connectivity index (χ2n) is 5.38. The summed E-state index contributed by atoms with van der Waals surface area (Å²) in [5.41, 5.74) is 0.0258. The molecule has 0 bridgehead atoms. The molecule has 1 aromatic rings. The normalized spacial score (nSPS) is 22.9. The van der Waals surface area contributed by atoms with Crippen LogP contribution in [0.15, 0.2) is 15.8 Å². The van der Waals surface area contributed by atoms with Crippen LogP contribution in [0.2, 0.25) is 0 Å². The van der Waals surface area contributed by atoms with E-state index in [2.05, 4.69) is 5.32 Å².